The van der Waals surface area contributed by atoms with Crippen molar-refractivity contribution in [2.45, 2.75) is 32.7 Å². The van der Waals surface area contributed by atoms with Crippen LogP contribution in [0.1, 0.15) is 26.7 Å². The Morgan fingerprint density at radius 2 is 2.45 bits per heavy atom. The summed E-state index contributed by atoms with van der Waals surface area (Å²) in [7, 11) is 1.52. The van der Waals surface area contributed by atoms with Gasteiger partial charge in [0.2, 0.25) is 5.91 Å². The van der Waals surface area contributed by atoms with Crippen LogP contribution in [-0.4, -0.2) is 16.3 Å². The molecule has 4 heteroatoms. The van der Waals surface area contributed by atoms with Crippen molar-refractivity contribution in [2.75, 3.05) is 0 Å². The molecule has 2 nitrogen and oxygen atoms in total. The van der Waals surface area contributed by atoms with Gasteiger partial charge in [0.15, 0.2) is 0 Å². The molecule has 0 aliphatic carbocycles. The highest BCUT2D eigenvalue weighted by Crippen LogP contribution is 2.34. The number of carbonyl (C=O) groups excluding carboxylic acids is 1. The molecule has 0 aromatic heterocycles. The molecule has 1 unspecified atom stereocenters. The van der Waals surface area contributed by atoms with Crippen LogP contribution in [0.3, 0.4) is 0 Å². The van der Waals surface area contributed by atoms with Crippen molar-refractivity contribution in [2.24, 2.45) is 5.92 Å². The van der Waals surface area contributed by atoms with Crippen LogP contribution in [-0.2, 0) is 4.79 Å². The van der Waals surface area contributed by atoms with E-state index in [1.54, 1.807) is 0 Å². The predicted octanol–water partition coefficient (Wildman–Crippen LogP) is 2.63. The topological polar surface area (TPSA) is 20.3 Å². The maximum Gasteiger partial charge on any atom is 0.236 e. The molecule has 1 rings (SSSR count). The Balaban J connectivity index is 2.63. The minimum absolute atomic E-state index is 0.285. The molecule has 0 aromatic carbocycles. The van der Waals surface area contributed by atoms with Gasteiger partial charge in [0, 0.05) is 42.3 Å². The van der Waals surface area contributed by atoms with E-state index in [2.05, 4.69) is 35.1 Å². The normalized spacial score (nSPS) is 31.5. The lowest BCUT2D eigenvalue weighted by atomic mass is 10.0. The van der Waals surface area contributed by atoms with Crippen LogP contribution in [0.25, 0.3) is 0 Å². The van der Waals surface area contributed by atoms with Crippen LogP contribution in [0.4, 0.5) is 0 Å². The Labute approximate surface area is 83.8 Å². The molecule has 1 fully saturated rings. The number of carbonyl (C=O) groups is 1. The first-order valence-corrected chi connectivity index (χ1v) is 7.14. The number of nitrogens with zero attached hydrogens (tertiary/aromatic N) is 1. The lowest BCUT2D eigenvalue weighted by molar-refractivity contribution is -0.127. The molecule has 1 saturated heterocycles. The molecule has 0 saturated carbocycles. The summed E-state index contributed by atoms with van der Waals surface area (Å²) in [4.78, 5) is 11.5. The highest BCUT2D eigenvalue weighted by Gasteiger charge is 2.35. The van der Waals surface area contributed by atoms with Gasteiger partial charge >= 0.3 is 0 Å². The average molecular weight is 285 g/mol. The van der Waals surface area contributed by atoms with Crippen molar-refractivity contribution in [3.05, 3.63) is 0 Å². The van der Waals surface area contributed by atoms with Crippen molar-refractivity contribution >= 4 is 36.2 Å². The van der Waals surface area contributed by atoms with Gasteiger partial charge in [-0.15, -0.1) is 0 Å². The zero-order valence-electron chi connectivity index (χ0n) is 6.71. The summed E-state index contributed by atoms with van der Waals surface area (Å²) < 4.78 is 1.88. The minimum Gasteiger partial charge on any atom is -0.275 e. The molecule has 1 heterocycles. The Hall–Kier alpha value is 0.550. The molecule has 1 amide bonds. The van der Waals surface area contributed by atoms with Gasteiger partial charge < -0.3 is 0 Å². The number of rotatable bonds is 2. The van der Waals surface area contributed by atoms with Crippen molar-refractivity contribution < 1.29 is 4.79 Å². The lowest BCUT2D eigenvalue weighted by Gasteiger charge is -2.15. The molecule has 1 aliphatic rings. The van der Waals surface area contributed by atoms with Gasteiger partial charge in [-0.2, -0.15) is 0 Å². The first kappa shape index (κ1) is 9.64. The first-order valence-electron chi connectivity index (χ1n) is 3.82. The molecule has 0 bridgehead atoms. The van der Waals surface area contributed by atoms with Crippen molar-refractivity contribution in [1.29, 1.82) is 0 Å². The maximum atomic E-state index is 11.5. The van der Waals surface area contributed by atoms with E-state index in [9.17, 15) is 4.79 Å². The SMILES string of the molecule is CC[C@@H]1CC(C)N(SI)C1=O. The zero-order valence-corrected chi connectivity index (χ0v) is 9.68. The summed E-state index contributed by atoms with van der Waals surface area (Å²) in [6, 6.07) is 0.425. The van der Waals surface area contributed by atoms with Gasteiger partial charge in [0.1, 0.15) is 0 Å². The fraction of sp³-hybridized carbons (Fsp3) is 0.857. The van der Waals surface area contributed by atoms with E-state index < -0.39 is 0 Å². The third kappa shape index (κ3) is 1.83. The van der Waals surface area contributed by atoms with E-state index in [1.807, 2.05) is 4.31 Å². The van der Waals surface area contributed by atoms with Crippen molar-refractivity contribution in [1.82, 2.24) is 4.31 Å². The predicted molar refractivity (Wildman–Crippen MR) is 56.3 cm³/mol. The number of hydrogen-bond donors (Lipinski definition) is 0. The van der Waals surface area contributed by atoms with Gasteiger partial charge in [-0.05, 0) is 19.8 Å². The van der Waals surface area contributed by atoms with Crippen LogP contribution in [0, 0.1) is 5.92 Å². The van der Waals surface area contributed by atoms with E-state index in [4.69, 9.17) is 0 Å². The summed E-state index contributed by atoms with van der Waals surface area (Å²) in [5.41, 5.74) is 0. The summed E-state index contributed by atoms with van der Waals surface area (Å²) >= 11 is 2.17. The second-order valence-electron chi connectivity index (χ2n) is 2.92. The fourth-order valence-corrected chi connectivity index (χ4v) is 3.63. The molecule has 0 N–H and O–H groups in total. The molecule has 0 spiro atoms. The molecule has 2 atom stereocenters. The van der Waals surface area contributed by atoms with Gasteiger partial charge in [-0.25, -0.2) is 0 Å². The quantitative estimate of drug-likeness (QED) is 0.574. The summed E-state index contributed by atoms with van der Waals surface area (Å²) in [5.74, 6) is 0.603. The van der Waals surface area contributed by atoms with Crippen LogP contribution < -0.4 is 0 Å². The molecule has 64 valence electrons. The fourth-order valence-electron chi connectivity index (χ4n) is 1.45. The smallest absolute Gasteiger partial charge is 0.236 e. The zero-order chi connectivity index (χ0) is 8.43. The Kier molecular flexibility index (Phi) is 3.49. The maximum absolute atomic E-state index is 11.5. The second-order valence-corrected chi connectivity index (χ2v) is 4.64. The molecular weight excluding hydrogens is 273 g/mol. The number of amides is 1. The van der Waals surface area contributed by atoms with E-state index in [-0.39, 0.29) is 5.92 Å². The third-order valence-electron chi connectivity index (χ3n) is 2.16. The highest BCUT2D eigenvalue weighted by molar-refractivity contribution is 14.2. The Bertz CT molecular complexity index is 165. The van der Waals surface area contributed by atoms with E-state index >= 15 is 0 Å². The van der Waals surface area contributed by atoms with Crippen LogP contribution >= 0.6 is 30.3 Å². The van der Waals surface area contributed by atoms with E-state index in [0.717, 1.165) is 12.8 Å². The Morgan fingerprint density at radius 3 is 2.73 bits per heavy atom. The van der Waals surface area contributed by atoms with Crippen LogP contribution in [0.2, 0.25) is 0 Å². The van der Waals surface area contributed by atoms with Gasteiger partial charge in [0.25, 0.3) is 0 Å². The molecule has 0 radical (unpaired) electrons. The Morgan fingerprint density at radius 1 is 1.82 bits per heavy atom. The first-order chi connectivity index (χ1) is 5.20. The average Bonchev–Trinajstić information content (AvgIpc) is 2.26. The minimum atomic E-state index is 0.285. The van der Waals surface area contributed by atoms with Crippen LogP contribution in [0.15, 0.2) is 0 Å². The molecule has 0 aromatic rings. The summed E-state index contributed by atoms with van der Waals surface area (Å²) in [6.45, 7) is 4.19. The van der Waals surface area contributed by atoms with E-state index in [0.29, 0.717) is 11.9 Å². The van der Waals surface area contributed by atoms with Crippen molar-refractivity contribution in [3.63, 3.8) is 0 Å². The van der Waals surface area contributed by atoms with Gasteiger partial charge in [-0.1, -0.05) is 6.92 Å². The highest BCUT2D eigenvalue weighted by atomic mass is 127. The summed E-state index contributed by atoms with van der Waals surface area (Å²) in [6.07, 6.45) is 2.02. The second kappa shape index (κ2) is 3.98. The molecular formula is C7H12INOS. The molecule has 11 heavy (non-hydrogen) atoms. The molecule has 1 aliphatic heterocycles. The van der Waals surface area contributed by atoms with Crippen molar-refractivity contribution in [3.8, 4) is 0 Å². The van der Waals surface area contributed by atoms with Gasteiger partial charge in [-0.3, -0.25) is 9.10 Å². The largest absolute Gasteiger partial charge is 0.275 e. The third-order valence-corrected chi connectivity index (χ3v) is 4.12. The number of hydrogen-bond acceptors (Lipinski definition) is 2. The number of halogens is 1. The van der Waals surface area contributed by atoms with Crippen LogP contribution in [0.5, 0.6) is 0 Å². The lowest BCUT2D eigenvalue weighted by Crippen LogP contribution is -2.23. The summed E-state index contributed by atoms with van der Waals surface area (Å²) in [5, 5.41) is 0. The monoisotopic (exact) mass is 285 g/mol. The standard InChI is InChI=1S/C7H12INOS/c1-3-6-4-5(2)9(11-8)7(6)10/h5-6H,3-4H2,1-2H3/t5?,6-/m1/s1. The van der Waals surface area contributed by atoms with E-state index in [1.165, 1.54) is 9.12 Å². The van der Waals surface area contributed by atoms with Gasteiger partial charge in [0.05, 0.1) is 0 Å².